The minimum atomic E-state index is -4.67. The van der Waals surface area contributed by atoms with Crippen molar-refractivity contribution in [3.8, 4) is 0 Å². The van der Waals surface area contributed by atoms with E-state index in [0.29, 0.717) is 11.3 Å². The number of aryl methyl sites for hydroxylation is 1. The van der Waals surface area contributed by atoms with Gasteiger partial charge >= 0.3 is 6.18 Å². The second kappa shape index (κ2) is 6.04. The molecule has 0 saturated heterocycles. The molecule has 9 heteroatoms. The van der Waals surface area contributed by atoms with Crippen LogP contribution in [-0.4, -0.2) is 25.5 Å². The molecule has 0 unspecified atom stereocenters. The Morgan fingerprint density at radius 1 is 1.04 bits per heavy atom. The zero-order valence-corrected chi connectivity index (χ0v) is 13.9. The molecule has 2 heterocycles. The van der Waals surface area contributed by atoms with Gasteiger partial charge in [0.25, 0.3) is 17.5 Å². The van der Waals surface area contributed by atoms with E-state index in [1.807, 2.05) is 30.3 Å². The Morgan fingerprint density at radius 3 is 2.52 bits per heavy atom. The summed E-state index contributed by atoms with van der Waals surface area (Å²) in [5.74, 6) is -1.85. The monoisotopic (exact) mass is 371 g/mol. The Balaban J connectivity index is 1.66. The van der Waals surface area contributed by atoms with Gasteiger partial charge in [0.15, 0.2) is 0 Å². The second-order valence-electron chi connectivity index (χ2n) is 5.94. The van der Waals surface area contributed by atoms with Gasteiger partial charge in [0.05, 0.1) is 0 Å². The lowest BCUT2D eigenvalue weighted by Crippen LogP contribution is -2.14. The second-order valence-corrected chi connectivity index (χ2v) is 5.94. The van der Waals surface area contributed by atoms with Gasteiger partial charge in [-0.25, -0.2) is 4.52 Å². The molecule has 0 fully saturated rings. The summed E-state index contributed by atoms with van der Waals surface area (Å²) in [6, 6.07) is 14.2. The molecule has 0 saturated carbocycles. The van der Waals surface area contributed by atoms with Crippen LogP contribution in [0, 0.1) is 6.92 Å². The van der Waals surface area contributed by atoms with Crippen LogP contribution in [0.25, 0.3) is 16.6 Å². The Morgan fingerprint density at radius 2 is 1.78 bits per heavy atom. The van der Waals surface area contributed by atoms with Crippen LogP contribution >= 0.6 is 0 Å². The number of anilines is 1. The Bertz CT molecular complexity index is 1180. The lowest BCUT2D eigenvalue weighted by Gasteiger charge is -2.07. The van der Waals surface area contributed by atoms with Gasteiger partial charge < -0.3 is 5.32 Å². The molecule has 2 aromatic heterocycles. The number of halogens is 3. The first-order valence-corrected chi connectivity index (χ1v) is 7.93. The van der Waals surface area contributed by atoms with Crippen LogP contribution in [0.3, 0.4) is 0 Å². The van der Waals surface area contributed by atoms with E-state index in [4.69, 9.17) is 0 Å². The lowest BCUT2D eigenvalue weighted by atomic mass is 10.1. The fourth-order valence-corrected chi connectivity index (χ4v) is 2.72. The fraction of sp³-hybridized carbons (Fsp3) is 0.111. The third-order valence-electron chi connectivity index (χ3n) is 4.00. The van der Waals surface area contributed by atoms with Gasteiger partial charge in [0, 0.05) is 17.3 Å². The lowest BCUT2D eigenvalue weighted by molar-refractivity contribution is -0.144. The van der Waals surface area contributed by atoms with E-state index in [9.17, 15) is 18.0 Å². The topological polar surface area (TPSA) is 72.2 Å². The highest BCUT2D eigenvalue weighted by molar-refractivity contribution is 6.06. The molecule has 4 aromatic rings. The van der Waals surface area contributed by atoms with Crippen molar-refractivity contribution in [2.24, 2.45) is 0 Å². The van der Waals surface area contributed by atoms with Crippen molar-refractivity contribution >= 4 is 28.3 Å². The molecule has 1 amide bonds. The Hall–Kier alpha value is -3.49. The highest BCUT2D eigenvalue weighted by atomic mass is 19.4. The third-order valence-corrected chi connectivity index (χ3v) is 4.00. The highest BCUT2D eigenvalue weighted by Crippen LogP contribution is 2.27. The first kappa shape index (κ1) is 17.0. The van der Waals surface area contributed by atoms with E-state index < -0.39 is 17.9 Å². The SMILES string of the molecule is Cc1cc(NC(=O)c2ccc3ccccc3c2)nc2nc(C(F)(F)F)nn12. The van der Waals surface area contributed by atoms with Crippen molar-refractivity contribution in [1.29, 1.82) is 0 Å². The standard InChI is InChI=1S/C18H12F3N5O/c1-10-8-14(23-17-24-16(18(19,20)21)25-26(10)17)22-15(27)13-7-6-11-4-2-3-5-12(11)9-13/h2-9H,1H3,(H,22,23,24,25,27). The number of carbonyl (C=O) groups is 1. The average molecular weight is 371 g/mol. The van der Waals surface area contributed by atoms with E-state index >= 15 is 0 Å². The van der Waals surface area contributed by atoms with Crippen LogP contribution in [0.15, 0.2) is 48.5 Å². The number of fused-ring (bicyclic) bond motifs is 2. The first-order valence-electron chi connectivity index (χ1n) is 7.93. The quantitative estimate of drug-likeness (QED) is 0.581. The number of benzene rings is 2. The maximum absolute atomic E-state index is 12.8. The number of amides is 1. The van der Waals surface area contributed by atoms with Crippen LogP contribution in [-0.2, 0) is 6.18 Å². The summed E-state index contributed by atoms with van der Waals surface area (Å²) < 4.78 is 39.3. The number of nitrogens with zero attached hydrogens (tertiary/aromatic N) is 4. The van der Waals surface area contributed by atoms with E-state index in [1.165, 1.54) is 6.07 Å². The summed E-state index contributed by atoms with van der Waals surface area (Å²) in [7, 11) is 0. The molecular formula is C18H12F3N5O. The summed E-state index contributed by atoms with van der Waals surface area (Å²) in [4.78, 5) is 19.8. The molecular weight excluding hydrogens is 359 g/mol. The molecule has 0 aliphatic heterocycles. The largest absolute Gasteiger partial charge is 0.453 e. The molecule has 0 radical (unpaired) electrons. The van der Waals surface area contributed by atoms with Gasteiger partial charge in [-0.15, -0.1) is 5.10 Å². The number of carbonyl (C=O) groups excluding carboxylic acids is 1. The van der Waals surface area contributed by atoms with E-state index in [-0.39, 0.29) is 11.6 Å². The number of nitrogens with one attached hydrogen (secondary N) is 1. The number of rotatable bonds is 2. The average Bonchev–Trinajstić information content (AvgIpc) is 3.06. The maximum atomic E-state index is 12.8. The summed E-state index contributed by atoms with van der Waals surface area (Å²) in [6.07, 6.45) is -4.67. The highest BCUT2D eigenvalue weighted by Gasteiger charge is 2.36. The number of hydrogen-bond acceptors (Lipinski definition) is 4. The molecule has 4 rings (SSSR count). The van der Waals surface area contributed by atoms with Crippen LogP contribution in [0.5, 0.6) is 0 Å². The number of aromatic nitrogens is 4. The van der Waals surface area contributed by atoms with Crippen molar-refractivity contribution in [3.05, 3.63) is 65.6 Å². The molecule has 6 nitrogen and oxygen atoms in total. The predicted octanol–water partition coefficient (Wildman–Crippen LogP) is 3.86. The smallest absolute Gasteiger partial charge is 0.306 e. The van der Waals surface area contributed by atoms with Crippen molar-refractivity contribution in [1.82, 2.24) is 19.6 Å². The summed E-state index contributed by atoms with van der Waals surface area (Å²) in [5.41, 5.74) is 0.766. The van der Waals surface area contributed by atoms with E-state index in [1.54, 1.807) is 19.1 Å². The third kappa shape index (κ3) is 3.19. The molecule has 0 atom stereocenters. The van der Waals surface area contributed by atoms with E-state index in [0.717, 1.165) is 15.3 Å². The maximum Gasteiger partial charge on any atom is 0.453 e. The van der Waals surface area contributed by atoms with E-state index in [2.05, 4.69) is 20.4 Å². The fourth-order valence-electron chi connectivity index (χ4n) is 2.72. The van der Waals surface area contributed by atoms with Gasteiger partial charge in [-0.3, -0.25) is 4.79 Å². The van der Waals surface area contributed by atoms with Gasteiger partial charge in [-0.2, -0.15) is 23.1 Å². The van der Waals surface area contributed by atoms with Gasteiger partial charge in [0.1, 0.15) is 5.82 Å². The van der Waals surface area contributed by atoms with Gasteiger partial charge in [-0.1, -0.05) is 30.3 Å². The summed E-state index contributed by atoms with van der Waals surface area (Å²) in [6.45, 7) is 1.55. The van der Waals surface area contributed by atoms with Crippen LogP contribution in [0.4, 0.5) is 19.0 Å². The minimum Gasteiger partial charge on any atom is -0.306 e. The number of alkyl halides is 3. The van der Waals surface area contributed by atoms with Crippen molar-refractivity contribution < 1.29 is 18.0 Å². The van der Waals surface area contributed by atoms with Crippen molar-refractivity contribution in [3.63, 3.8) is 0 Å². The summed E-state index contributed by atoms with van der Waals surface area (Å²) in [5, 5.41) is 7.89. The minimum absolute atomic E-state index is 0.0966. The first-order chi connectivity index (χ1) is 12.8. The molecule has 0 spiro atoms. The molecule has 0 aliphatic rings. The molecule has 27 heavy (non-hydrogen) atoms. The van der Waals surface area contributed by atoms with Crippen LogP contribution < -0.4 is 5.32 Å². The zero-order valence-electron chi connectivity index (χ0n) is 13.9. The van der Waals surface area contributed by atoms with Gasteiger partial charge in [-0.05, 0) is 29.8 Å². The Labute approximate surface area is 150 Å². The van der Waals surface area contributed by atoms with Crippen molar-refractivity contribution in [2.45, 2.75) is 13.1 Å². The predicted molar refractivity (Wildman–Crippen MR) is 92.4 cm³/mol. The van der Waals surface area contributed by atoms with Crippen LogP contribution in [0.2, 0.25) is 0 Å². The molecule has 2 aromatic carbocycles. The Kier molecular flexibility index (Phi) is 3.79. The van der Waals surface area contributed by atoms with Crippen LogP contribution in [0.1, 0.15) is 21.9 Å². The normalized spacial score (nSPS) is 11.9. The summed E-state index contributed by atoms with van der Waals surface area (Å²) >= 11 is 0. The molecule has 0 bridgehead atoms. The van der Waals surface area contributed by atoms with Gasteiger partial charge in [0.2, 0.25) is 0 Å². The molecule has 0 aliphatic carbocycles. The van der Waals surface area contributed by atoms with Crippen molar-refractivity contribution in [2.75, 3.05) is 5.32 Å². The number of hydrogen-bond donors (Lipinski definition) is 1. The molecule has 1 N–H and O–H groups in total. The molecule has 136 valence electrons. The zero-order chi connectivity index (χ0) is 19.2.